The zero-order chi connectivity index (χ0) is 33.6. The van der Waals surface area contributed by atoms with Gasteiger partial charge in [0.1, 0.15) is 18.3 Å². The third-order valence-corrected chi connectivity index (χ3v) is 14.2. The smallest absolute Gasteiger partial charge is 0.330 e. The molecule has 0 radical (unpaired) electrons. The molecule has 4 heterocycles. The third-order valence-electron chi connectivity index (χ3n) is 9.75. The molecular weight excluding hydrogens is 604 g/mol. The molecule has 10 atom stereocenters. The van der Waals surface area contributed by atoms with Crippen LogP contribution in [0.5, 0.6) is 0 Å². The molecule has 1 fully saturated rings. The minimum atomic E-state index is -2.36. The van der Waals surface area contributed by atoms with Crippen molar-refractivity contribution in [3.63, 3.8) is 0 Å². The highest BCUT2D eigenvalue weighted by Crippen LogP contribution is 2.40. The number of hydrogen-bond donors (Lipinski definition) is 2. The van der Waals surface area contributed by atoms with Crippen molar-refractivity contribution in [1.29, 1.82) is 0 Å². The Kier molecular flexibility index (Phi) is 12.8. The minimum Gasteiger partial charge on any atom is -0.456 e. The van der Waals surface area contributed by atoms with Crippen molar-refractivity contribution in [2.24, 2.45) is 5.92 Å². The van der Waals surface area contributed by atoms with Crippen LogP contribution in [0.4, 0.5) is 0 Å². The van der Waals surface area contributed by atoms with Gasteiger partial charge in [0, 0.05) is 12.5 Å². The van der Waals surface area contributed by atoms with Crippen LogP contribution in [0, 0.1) is 5.92 Å². The number of carbonyl (C=O) groups is 1. The van der Waals surface area contributed by atoms with Gasteiger partial charge in [0.15, 0.2) is 8.32 Å². The first-order valence-electron chi connectivity index (χ1n) is 16.8. The summed E-state index contributed by atoms with van der Waals surface area (Å²) in [7, 11) is -2.36. The molecule has 4 rings (SSSR count). The lowest BCUT2D eigenvalue weighted by Gasteiger charge is -2.40. The Labute approximate surface area is 276 Å². The monoisotopic (exact) mass is 660 g/mol. The number of carbonyl (C=O) groups excluding carboxylic acids is 1. The summed E-state index contributed by atoms with van der Waals surface area (Å²) in [6, 6.07) is 0. The maximum Gasteiger partial charge on any atom is 0.330 e. The molecule has 0 saturated carbocycles. The number of ether oxygens (including phenoxy) is 4. The molecule has 0 aliphatic carbocycles. The molecule has 2 bridgehead atoms. The number of fused-ring (bicyclic) bond motifs is 3. The lowest BCUT2D eigenvalue weighted by molar-refractivity contribution is -0.336. The molecule has 4 aliphatic rings. The van der Waals surface area contributed by atoms with Gasteiger partial charge in [-0.2, -0.15) is 0 Å². The van der Waals surface area contributed by atoms with E-state index >= 15 is 0 Å². The number of hydrogen-bond acceptors (Lipinski definition) is 9. The molecule has 46 heavy (non-hydrogen) atoms. The summed E-state index contributed by atoms with van der Waals surface area (Å²) in [5.41, 5.74) is 2.02. The highest BCUT2D eigenvalue weighted by Gasteiger charge is 2.48. The van der Waals surface area contributed by atoms with Gasteiger partial charge >= 0.3 is 5.97 Å². The average Bonchev–Trinajstić information content (AvgIpc) is 3.73. The van der Waals surface area contributed by atoms with E-state index in [2.05, 4.69) is 64.4 Å². The van der Waals surface area contributed by atoms with Gasteiger partial charge in [0.2, 0.25) is 6.29 Å². The van der Waals surface area contributed by atoms with Gasteiger partial charge in [0.25, 0.3) is 0 Å². The van der Waals surface area contributed by atoms with E-state index in [-0.39, 0.29) is 35.6 Å². The highest BCUT2D eigenvalue weighted by atomic mass is 28.4. The van der Waals surface area contributed by atoms with Crippen LogP contribution in [-0.2, 0) is 33.1 Å². The second-order valence-corrected chi connectivity index (χ2v) is 19.9. The van der Waals surface area contributed by atoms with Crippen molar-refractivity contribution in [2.75, 3.05) is 0 Å². The van der Waals surface area contributed by atoms with Crippen LogP contribution in [0.25, 0.3) is 0 Å². The SMILES string of the molecule is C=C1C[C@H](C)C[C@@H]2CC=C[C@@H](C/C=C\C(=O)O[C@H]([C@H](/C=C/[C@@H]3CC(C)=CC(OO)O3)O[Si](C)(C)C(C)(C)C)C[C@@H]3O[C@H]3[C@@H](O)C1)O2. The lowest BCUT2D eigenvalue weighted by Crippen LogP contribution is -2.47. The Balaban J connectivity index is 1.60. The first-order chi connectivity index (χ1) is 21.6. The molecule has 0 amide bonds. The van der Waals surface area contributed by atoms with Crippen molar-refractivity contribution in [1.82, 2.24) is 0 Å². The standard InChI is InChI=1S/C36H56O9Si/c1-23-17-24(2)20-29(37)35-32(43-35)22-31(42-33(38)14-10-12-26-11-9-13-27(18-23)40-26)30(45-46(7,8)36(4,5)6)16-15-28-19-25(3)21-34(41-28)44-39/h9-11,14-16,21,23,26-32,34-35,37,39H,2,12-13,17-20,22H2,1,3-8H3/b14-10-,16-15+/t23-,26-,27-,28+,29-,30-,31-,32-,34?,35-/m0/s1. The molecule has 2 N–H and O–H groups in total. The highest BCUT2D eigenvalue weighted by molar-refractivity contribution is 6.74. The molecule has 0 aromatic heterocycles. The summed E-state index contributed by atoms with van der Waals surface area (Å²) in [5, 5.41) is 20.2. The Morgan fingerprint density at radius 2 is 1.85 bits per heavy atom. The number of aliphatic hydroxyl groups is 1. The van der Waals surface area contributed by atoms with Gasteiger partial charge in [-0.25, -0.2) is 14.9 Å². The fourth-order valence-electron chi connectivity index (χ4n) is 6.22. The Morgan fingerprint density at radius 1 is 1.09 bits per heavy atom. The molecule has 0 aromatic rings. The van der Waals surface area contributed by atoms with Gasteiger partial charge in [-0.1, -0.05) is 75.8 Å². The molecule has 9 nitrogen and oxygen atoms in total. The summed E-state index contributed by atoms with van der Waals surface area (Å²) in [6.07, 6.45) is 13.7. The largest absolute Gasteiger partial charge is 0.456 e. The van der Waals surface area contributed by atoms with E-state index in [1.807, 2.05) is 25.2 Å². The first-order valence-corrected chi connectivity index (χ1v) is 19.7. The van der Waals surface area contributed by atoms with Gasteiger partial charge < -0.3 is 28.5 Å². The first kappa shape index (κ1) is 36.9. The summed E-state index contributed by atoms with van der Waals surface area (Å²) >= 11 is 0. The van der Waals surface area contributed by atoms with Crippen LogP contribution in [-0.4, -0.2) is 79.8 Å². The van der Waals surface area contributed by atoms with Crippen LogP contribution >= 0.6 is 0 Å². The predicted octanol–water partition coefficient (Wildman–Crippen LogP) is 6.95. The van der Waals surface area contributed by atoms with Gasteiger partial charge in [-0.15, -0.1) is 0 Å². The van der Waals surface area contributed by atoms with Gasteiger partial charge in [-0.3, -0.25) is 0 Å². The van der Waals surface area contributed by atoms with E-state index in [4.69, 9.17) is 23.4 Å². The number of aliphatic hydroxyl groups excluding tert-OH is 1. The van der Waals surface area contributed by atoms with Crippen LogP contribution < -0.4 is 0 Å². The molecule has 258 valence electrons. The van der Waals surface area contributed by atoms with E-state index < -0.39 is 38.9 Å². The summed E-state index contributed by atoms with van der Waals surface area (Å²) in [6.45, 7) is 19.2. The zero-order valence-electron chi connectivity index (χ0n) is 28.7. The zero-order valence-corrected chi connectivity index (χ0v) is 29.7. The molecular formula is C36H56O9Si. The normalized spacial score (nSPS) is 36.6. The van der Waals surface area contributed by atoms with E-state index in [0.29, 0.717) is 31.6 Å². The van der Waals surface area contributed by atoms with Crippen molar-refractivity contribution in [3.05, 3.63) is 60.3 Å². The Hall–Kier alpha value is -1.89. The fraction of sp³-hybridized carbons (Fsp3) is 0.694. The third kappa shape index (κ3) is 10.8. The van der Waals surface area contributed by atoms with Crippen molar-refractivity contribution in [3.8, 4) is 0 Å². The fourth-order valence-corrected chi connectivity index (χ4v) is 7.49. The second-order valence-electron chi connectivity index (χ2n) is 15.1. The van der Waals surface area contributed by atoms with Gasteiger partial charge in [0.05, 0.1) is 30.5 Å². The topological polar surface area (TPSA) is 116 Å². The van der Waals surface area contributed by atoms with Crippen LogP contribution in [0.15, 0.2) is 60.3 Å². The summed E-state index contributed by atoms with van der Waals surface area (Å²) in [5.74, 6) is -0.103. The maximum absolute atomic E-state index is 13.3. The van der Waals surface area contributed by atoms with E-state index in [0.717, 1.165) is 30.4 Å². The van der Waals surface area contributed by atoms with Crippen molar-refractivity contribution >= 4 is 14.3 Å². The lowest BCUT2D eigenvalue weighted by atomic mass is 9.91. The number of rotatable bonds is 6. The van der Waals surface area contributed by atoms with Crippen molar-refractivity contribution in [2.45, 2.75) is 153 Å². The van der Waals surface area contributed by atoms with E-state index in [1.165, 1.54) is 6.08 Å². The maximum atomic E-state index is 13.3. The molecule has 1 saturated heterocycles. The molecule has 0 aromatic carbocycles. The summed E-state index contributed by atoms with van der Waals surface area (Å²) < 4.78 is 31.2. The Bertz CT molecular complexity index is 1170. The summed E-state index contributed by atoms with van der Waals surface area (Å²) in [4.78, 5) is 17.8. The molecule has 0 spiro atoms. The average molecular weight is 661 g/mol. The number of cyclic esters (lactones) is 1. The van der Waals surface area contributed by atoms with E-state index in [9.17, 15) is 15.2 Å². The van der Waals surface area contributed by atoms with Crippen molar-refractivity contribution < 1.29 is 43.4 Å². The van der Waals surface area contributed by atoms with Crippen LogP contribution in [0.2, 0.25) is 18.1 Å². The molecule has 4 aliphatic heterocycles. The number of epoxide rings is 1. The number of esters is 1. The predicted molar refractivity (Wildman–Crippen MR) is 179 cm³/mol. The second kappa shape index (κ2) is 16.0. The minimum absolute atomic E-state index is 0.104. The quantitative estimate of drug-likeness (QED) is 0.0780. The van der Waals surface area contributed by atoms with Gasteiger partial charge in [-0.05, 0) is 75.6 Å². The van der Waals surface area contributed by atoms with Crippen LogP contribution in [0.3, 0.4) is 0 Å². The van der Waals surface area contributed by atoms with E-state index in [1.54, 1.807) is 6.08 Å². The molecule has 10 heteroatoms. The Morgan fingerprint density at radius 3 is 2.57 bits per heavy atom. The van der Waals surface area contributed by atoms with Crippen LogP contribution in [0.1, 0.15) is 79.6 Å². The molecule has 1 unspecified atom stereocenters.